The van der Waals surface area contributed by atoms with Gasteiger partial charge in [-0.2, -0.15) is 0 Å². The highest BCUT2D eigenvalue weighted by Crippen LogP contribution is 2.32. The number of ether oxygens (including phenoxy) is 1. The molecule has 0 heterocycles. The minimum atomic E-state index is -0.689. The first-order chi connectivity index (χ1) is 8.97. The lowest BCUT2D eigenvalue weighted by molar-refractivity contribution is -0.384. The normalized spacial score (nSPS) is 10.3. The van der Waals surface area contributed by atoms with Crippen LogP contribution in [0.25, 0.3) is 0 Å². The van der Waals surface area contributed by atoms with Crippen molar-refractivity contribution < 1.29 is 14.5 Å². The van der Waals surface area contributed by atoms with Gasteiger partial charge in [0, 0.05) is 24.8 Å². The molecular weight excluding hydrogens is 295 g/mol. The second-order valence-corrected chi connectivity index (χ2v) is 4.29. The number of halogens is 2. The molecular formula is C11H12Cl2N2O4. The van der Waals surface area contributed by atoms with Crippen molar-refractivity contribution in [3.63, 3.8) is 0 Å². The lowest BCUT2D eigenvalue weighted by Gasteiger charge is -2.06. The van der Waals surface area contributed by atoms with Gasteiger partial charge in [0.1, 0.15) is 5.02 Å². The van der Waals surface area contributed by atoms with E-state index in [9.17, 15) is 14.9 Å². The van der Waals surface area contributed by atoms with Gasteiger partial charge in [0.05, 0.1) is 16.6 Å². The summed E-state index contributed by atoms with van der Waals surface area (Å²) in [5.41, 5.74) is -0.318. The number of amides is 1. The van der Waals surface area contributed by atoms with Gasteiger partial charge in [-0.3, -0.25) is 14.9 Å². The summed E-state index contributed by atoms with van der Waals surface area (Å²) in [6.45, 7) is 3.06. The van der Waals surface area contributed by atoms with Crippen LogP contribution in [0.2, 0.25) is 10.0 Å². The fraction of sp³-hybridized carbons (Fsp3) is 0.364. The highest BCUT2D eigenvalue weighted by Gasteiger charge is 2.19. The zero-order chi connectivity index (χ0) is 14.4. The monoisotopic (exact) mass is 306 g/mol. The Morgan fingerprint density at radius 3 is 2.74 bits per heavy atom. The predicted octanol–water partition coefficient (Wildman–Crippen LogP) is 2.67. The Balaban J connectivity index is 2.83. The third kappa shape index (κ3) is 4.34. The molecule has 1 aromatic carbocycles. The lowest BCUT2D eigenvalue weighted by Crippen LogP contribution is -2.27. The molecule has 0 atom stereocenters. The molecule has 8 heteroatoms. The van der Waals surface area contributed by atoms with Crippen LogP contribution in [0.1, 0.15) is 17.3 Å². The van der Waals surface area contributed by atoms with E-state index in [2.05, 4.69) is 5.32 Å². The van der Waals surface area contributed by atoms with E-state index in [-0.39, 0.29) is 15.6 Å². The van der Waals surface area contributed by atoms with E-state index >= 15 is 0 Å². The molecule has 1 N–H and O–H groups in total. The molecule has 0 aromatic heterocycles. The quantitative estimate of drug-likeness (QED) is 0.497. The average molecular weight is 307 g/mol. The topological polar surface area (TPSA) is 81.5 Å². The van der Waals surface area contributed by atoms with Gasteiger partial charge in [-0.25, -0.2) is 0 Å². The van der Waals surface area contributed by atoms with Crippen LogP contribution in [0.5, 0.6) is 0 Å². The number of nitrogens with zero attached hydrogens (tertiary/aromatic N) is 1. The maximum atomic E-state index is 11.8. The number of nitro groups is 1. The number of benzene rings is 1. The molecule has 6 nitrogen and oxygen atoms in total. The molecule has 1 rings (SSSR count). The maximum absolute atomic E-state index is 11.8. The van der Waals surface area contributed by atoms with Gasteiger partial charge in [0.25, 0.3) is 11.6 Å². The first-order valence-electron chi connectivity index (χ1n) is 5.46. The van der Waals surface area contributed by atoms with Crippen LogP contribution in [-0.4, -0.2) is 30.6 Å². The Labute approximate surface area is 119 Å². The number of carbonyl (C=O) groups excluding carboxylic acids is 1. The molecule has 104 valence electrons. The molecule has 1 aromatic rings. The number of nitro benzene ring substituents is 1. The zero-order valence-corrected chi connectivity index (χ0v) is 11.6. The molecule has 0 bridgehead atoms. The largest absolute Gasteiger partial charge is 0.380 e. The summed E-state index contributed by atoms with van der Waals surface area (Å²) in [5, 5.41) is 13.1. The Hall–Kier alpha value is -1.37. The zero-order valence-electron chi connectivity index (χ0n) is 10.1. The Morgan fingerprint density at radius 1 is 1.47 bits per heavy atom. The summed E-state index contributed by atoms with van der Waals surface area (Å²) in [5.74, 6) is -0.471. The van der Waals surface area contributed by atoms with Gasteiger partial charge in [-0.1, -0.05) is 23.2 Å². The minimum Gasteiger partial charge on any atom is -0.380 e. The van der Waals surface area contributed by atoms with Crippen LogP contribution in [0.3, 0.4) is 0 Å². The SMILES string of the molecule is CCOCCNC(=O)c1cc(Cl)c(Cl)c([N+](=O)[O-])c1. The molecule has 0 saturated carbocycles. The number of carbonyl (C=O) groups is 1. The highest BCUT2D eigenvalue weighted by atomic mass is 35.5. The van der Waals surface area contributed by atoms with Crippen molar-refractivity contribution in [3.8, 4) is 0 Å². The van der Waals surface area contributed by atoms with E-state index in [0.717, 1.165) is 6.07 Å². The summed E-state index contributed by atoms with van der Waals surface area (Å²) < 4.78 is 5.05. The van der Waals surface area contributed by atoms with Crippen LogP contribution in [0, 0.1) is 10.1 Å². The molecule has 1 amide bonds. The Bertz CT molecular complexity index is 494. The molecule has 0 radical (unpaired) electrons. The third-order valence-electron chi connectivity index (χ3n) is 2.20. The smallest absolute Gasteiger partial charge is 0.290 e. The van der Waals surface area contributed by atoms with Crippen molar-refractivity contribution in [3.05, 3.63) is 37.9 Å². The lowest BCUT2D eigenvalue weighted by atomic mass is 10.2. The standard InChI is InChI=1S/C11H12Cl2N2O4/c1-2-19-4-3-14-11(16)7-5-8(12)10(13)9(6-7)15(17)18/h5-6H,2-4H2,1H3,(H,14,16). The number of rotatable bonds is 6. The van der Waals surface area contributed by atoms with E-state index in [1.165, 1.54) is 6.07 Å². The summed E-state index contributed by atoms with van der Waals surface area (Å²) in [6.07, 6.45) is 0. The van der Waals surface area contributed by atoms with Crippen LogP contribution in [-0.2, 0) is 4.74 Å². The van der Waals surface area contributed by atoms with Crippen molar-refractivity contribution >= 4 is 34.8 Å². The number of hydrogen-bond donors (Lipinski definition) is 1. The molecule has 19 heavy (non-hydrogen) atoms. The van der Waals surface area contributed by atoms with E-state index in [4.69, 9.17) is 27.9 Å². The van der Waals surface area contributed by atoms with Crippen LogP contribution < -0.4 is 5.32 Å². The second-order valence-electron chi connectivity index (χ2n) is 3.50. The van der Waals surface area contributed by atoms with Crippen molar-refractivity contribution in [2.24, 2.45) is 0 Å². The summed E-state index contributed by atoms with van der Waals surface area (Å²) in [7, 11) is 0. The third-order valence-corrected chi connectivity index (χ3v) is 3.00. The van der Waals surface area contributed by atoms with Gasteiger partial charge < -0.3 is 10.1 Å². The van der Waals surface area contributed by atoms with Crippen molar-refractivity contribution in [2.75, 3.05) is 19.8 Å². The predicted molar refractivity (Wildman–Crippen MR) is 71.9 cm³/mol. The van der Waals surface area contributed by atoms with Gasteiger partial charge in [0.2, 0.25) is 0 Å². The van der Waals surface area contributed by atoms with E-state index in [1.807, 2.05) is 6.92 Å². The van der Waals surface area contributed by atoms with E-state index in [0.29, 0.717) is 19.8 Å². The van der Waals surface area contributed by atoms with Crippen molar-refractivity contribution in [2.45, 2.75) is 6.92 Å². The molecule has 0 fully saturated rings. The van der Waals surface area contributed by atoms with Gasteiger partial charge in [-0.05, 0) is 13.0 Å². The number of hydrogen-bond acceptors (Lipinski definition) is 4. The first-order valence-corrected chi connectivity index (χ1v) is 6.22. The summed E-state index contributed by atoms with van der Waals surface area (Å²) in [6, 6.07) is 2.37. The van der Waals surface area contributed by atoms with Crippen LogP contribution in [0.15, 0.2) is 12.1 Å². The van der Waals surface area contributed by atoms with E-state index in [1.54, 1.807) is 0 Å². The Morgan fingerprint density at radius 2 is 2.16 bits per heavy atom. The molecule has 0 unspecified atom stereocenters. The molecule has 0 saturated heterocycles. The summed E-state index contributed by atoms with van der Waals surface area (Å²) in [4.78, 5) is 21.8. The van der Waals surface area contributed by atoms with Gasteiger partial charge >= 0.3 is 0 Å². The van der Waals surface area contributed by atoms with Crippen molar-refractivity contribution in [1.29, 1.82) is 0 Å². The van der Waals surface area contributed by atoms with Crippen LogP contribution >= 0.6 is 23.2 Å². The second kappa shape index (κ2) is 7.28. The fourth-order valence-corrected chi connectivity index (χ4v) is 1.71. The molecule has 0 aliphatic heterocycles. The highest BCUT2D eigenvalue weighted by molar-refractivity contribution is 6.43. The van der Waals surface area contributed by atoms with Gasteiger partial charge in [-0.15, -0.1) is 0 Å². The Kier molecular flexibility index (Phi) is 6.01. The van der Waals surface area contributed by atoms with Gasteiger partial charge in [0.15, 0.2) is 0 Å². The molecule has 0 aliphatic carbocycles. The minimum absolute atomic E-state index is 0.0363. The fourth-order valence-electron chi connectivity index (χ4n) is 1.32. The number of nitrogens with one attached hydrogen (secondary N) is 1. The summed E-state index contributed by atoms with van der Waals surface area (Å²) >= 11 is 11.4. The van der Waals surface area contributed by atoms with Crippen LogP contribution in [0.4, 0.5) is 5.69 Å². The maximum Gasteiger partial charge on any atom is 0.290 e. The van der Waals surface area contributed by atoms with E-state index < -0.39 is 16.5 Å². The molecule has 0 aliphatic rings. The first kappa shape index (κ1) is 15.7. The van der Waals surface area contributed by atoms with Crippen molar-refractivity contribution in [1.82, 2.24) is 5.32 Å². The molecule has 0 spiro atoms. The average Bonchev–Trinajstić information content (AvgIpc) is 2.37.